The van der Waals surface area contributed by atoms with Crippen LogP contribution in [0, 0.1) is 6.92 Å². The van der Waals surface area contributed by atoms with Gasteiger partial charge in [-0.25, -0.2) is 0 Å². The van der Waals surface area contributed by atoms with Crippen LogP contribution in [0.4, 0.5) is 5.69 Å². The van der Waals surface area contributed by atoms with E-state index < -0.39 is 0 Å². The second kappa shape index (κ2) is 6.05. The number of nitrogens with two attached hydrogens (primary N) is 1. The van der Waals surface area contributed by atoms with Gasteiger partial charge in [-0.2, -0.15) is 0 Å². The number of carbonyl (C=O) groups is 1. The van der Waals surface area contributed by atoms with Gasteiger partial charge in [0.2, 0.25) is 5.91 Å². The van der Waals surface area contributed by atoms with Gasteiger partial charge < -0.3 is 11.1 Å². The van der Waals surface area contributed by atoms with Gasteiger partial charge in [-0.3, -0.25) is 4.79 Å². The average Bonchev–Trinajstić information content (AvgIpc) is 2.41. The van der Waals surface area contributed by atoms with Crippen molar-refractivity contribution in [2.24, 2.45) is 5.73 Å². The maximum atomic E-state index is 11.3. The Labute approximate surface area is 113 Å². The highest BCUT2D eigenvalue weighted by atomic mass is 16.1. The molecule has 3 heteroatoms. The molecule has 2 aromatic rings. The van der Waals surface area contributed by atoms with Crippen molar-refractivity contribution in [2.45, 2.75) is 13.3 Å². The van der Waals surface area contributed by atoms with Gasteiger partial charge in [-0.15, -0.1) is 0 Å². The lowest BCUT2D eigenvalue weighted by Gasteiger charge is -2.11. The third kappa shape index (κ3) is 3.35. The molecule has 98 valence electrons. The van der Waals surface area contributed by atoms with Crippen LogP contribution in [-0.2, 0) is 6.42 Å². The van der Waals surface area contributed by atoms with E-state index in [4.69, 9.17) is 5.73 Å². The summed E-state index contributed by atoms with van der Waals surface area (Å²) in [6, 6.07) is 15.9. The molecular weight excluding hydrogens is 236 g/mol. The van der Waals surface area contributed by atoms with Crippen LogP contribution in [0.15, 0.2) is 48.5 Å². The lowest BCUT2D eigenvalue weighted by Crippen LogP contribution is -2.14. The normalized spacial score (nSPS) is 10.2. The minimum atomic E-state index is -0.385. The molecule has 0 bridgehead atoms. The van der Waals surface area contributed by atoms with Crippen molar-refractivity contribution in [3.8, 4) is 0 Å². The van der Waals surface area contributed by atoms with E-state index in [-0.39, 0.29) is 5.91 Å². The van der Waals surface area contributed by atoms with Gasteiger partial charge in [0.05, 0.1) is 0 Å². The Kier molecular flexibility index (Phi) is 4.18. The van der Waals surface area contributed by atoms with Crippen molar-refractivity contribution < 1.29 is 4.79 Å². The fraction of sp³-hybridized carbons (Fsp3) is 0.188. The molecule has 0 fully saturated rings. The first-order valence-electron chi connectivity index (χ1n) is 6.35. The Hall–Kier alpha value is -2.29. The summed E-state index contributed by atoms with van der Waals surface area (Å²) >= 11 is 0. The Balaban J connectivity index is 2.00. The topological polar surface area (TPSA) is 55.1 Å². The highest BCUT2D eigenvalue weighted by molar-refractivity contribution is 5.95. The van der Waals surface area contributed by atoms with Crippen molar-refractivity contribution >= 4 is 11.6 Å². The van der Waals surface area contributed by atoms with Crippen LogP contribution in [0.25, 0.3) is 0 Å². The predicted molar refractivity (Wildman–Crippen MR) is 78.3 cm³/mol. The van der Waals surface area contributed by atoms with Crippen LogP contribution in [0.5, 0.6) is 0 Å². The molecule has 2 aromatic carbocycles. The number of amides is 1. The standard InChI is InChI=1S/C16H18N2O/c1-12-14(16(17)19)8-5-9-15(12)18-11-10-13-6-3-2-4-7-13/h2-9,18H,10-11H2,1H3,(H2,17,19). The first kappa shape index (κ1) is 13.1. The van der Waals surface area contributed by atoms with Crippen molar-refractivity contribution in [1.29, 1.82) is 0 Å². The molecule has 0 aliphatic carbocycles. The summed E-state index contributed by atoms with van der Waals surface area (Å²) in [6.07, 6.45) is 0.946. The Morgan fingerprint density at radius 2 is 1.84 bits per heavy atom. The van der Waals surface area contributed by atoms with Crippen molar-refractivity contribution in [3.05, 3.63) is 65.2 Å². The summed E-state index contributed by atoms with van der Waals surface area (Å²) in [4.78, 5) is 11.3. The number of rotatable bonds is 5. The Morgan fingerprint density at radius 1 is 1.11 bits per heavy atom. The quantitative estimate of drug-likeness (QED) is 0.862. The highest BCUT2D eigenvalue weighted by Crippen LogP contribution is 2.18. The average molecular weight is 254 g/mol. The summed E-state index contributed by atoms with van der Waals surface area (Å²) in [6.45, 7) is 2.73. The first-order valence-corrected chi connectivity index (χ1v) is 6.35. The molecule has 0 spiro atoms. The van der Waals surface area contributed by atoms with Crippen LogP contribution in [0.2, 0.25) is 0 Å². The zero-order valence-corrected chi connectivity index (χ0v) is 11.0. The molecule has 0 atom stereocenters. The molecule has 0 radical (unpaired) electrons. The van der Waals surface area contributed by atoms with Gasteiger partial charge >= 0.3 is 0 Å². The number of hydrogen-bond donors (Lipinski definition) is 2. The zero-order valence-electron chi connectivity index (χ0n) is 11.0. The molecule has 1 amide bonds. The van der Waals surface area contributed by atoms with E-state index in [0.717, 1.165) is 24.2 Å². The van der Waals surface area contributed by atoms with E-state index in [2.05, 4.69) is 17.4 Å². The van der Waals surface area contributed by atoms with Gasteiger partial charge in [0.15, 0.2) is 0 Å². The van der Waals surface area contributed by atoms with Gasteiger partial charge in [0.1, 0.15) is 0 Å². The molecule has 0 aromatic heterocycles. The van der Waals surface area contributed by atoms with E-state index >= 15 is 0 Å². The van der Waals surface area contributed by atoms with E-state index in [9.17, 15) is 4.79 Å². The molecule has 0 saturated heterocycles. The van der Waals surface area contributed by atoms with E-state index in [1.807, 2.05) is 37.3 Å². The monoisotopic (exact) mass is 254 g/mol. The second-order valence-electron chi connectivity index (χ2n) is 4.50. The molecule has 0 unspecified atom stereocenters. The molecule has 3 nitrogen and oxygen atoms in total. The van der Waals surface area contributed by atoms with E-state index in [1.165, 1.54) is 5.56 Å². The summed E-state index contributed by atoms with van der Waals surface area (Å²) in [7, 11) is 0. The van der Waals surface area contributed by atoms with Crippen molar-refractivity contribution in [1.82, 2.24) is 0 Å². The van der Waals surface area contributed by atoms with Crippen LogP contribution < -0.4 is 11.1 Å². The van der Waals surface area contributed by atoms with E-state index in [1.54, 1.807) is 6.07 Å². The third-order valence-electron chi connectivity index (χ3n) is 3.17. The number of nitrogens with one attached hydrogen (secondary N) is 1. The lowest BCUT2D eigenvalue weighted by molar-refractivity contribution is 0.1000. The molecular formula is C16H18N2O. The number of hydrogen-bond acceptors (Lipinski definition) is 2. The summed E-state index contributed by atoms with van der Waals surface area (Å²) in [5, 5.41) is 3.35. The summed E-state index contributed by atoms with van der Waals surface area (Å²) in [5.41, 5.74) is 9.07. The molecule has 0 heterocycles. The Morgan fingerprint density at radius 3 is 2.53 bits per heavy atom. The number of anilines is 1. The Bertz CT molecular complexity index is 564. The maximum Gasteiger partial charge on any atom is 0.249 e. The zero-order chi connectivity index (χ0) is 13.7. The number of benzene rings is 2. The lowest BCUT2D eigenvalue weighted by atomic mass is 10.1. The fourth-order valence-corrected chi connectivity index (χ4v) is 2.08. The van der Waals surface area contributed by atoms with Gasteiger partial charge in [-0.05, 0) is 36.6 Å². The number of primary amides is 1. The van der Waals surface area contributed by atoms with Crippen LogP contribution in [0.1, 0.15) is 21.5 Å². The van der Waals surface area contributed by atoms with Gasteiger partial charge in [-0.1, -0.05) is 36.4 Å². The van der Waals surface area contributed by atoms with Crippen LogP contribution in [-0.4, -0.2) is 12.5 Å². The van der Waals surface area contributed by atoms with Crippen molar-refractivity contribution in [2.75, 3.05) is 11.9 Å². The molecule has 0 aliphatic rings. The molecule has 0 saturated carbocycles. The molecule has 0 aliphatic heterocycles. The van der Waals surface area contributed by atoms with Gasteiger partial charge in [0, 0.05) is 17.8 Å². The highest BCUT2D eigenvalue weighted by Gasteiger charge is 2.07. The minimum Gasteiger partial charge on any atom is -0.384 e. The predicted octanol–water partition coefficient (Wildman–Crippen LogP) is 2.75. The van der Waals surface area contributed by atoms with E-state index in [0.29, 0.717) is 5.56 Å². The third-order valence-corrected chi connectivity index (χ3v) is 3.17. The summed E-state index contributed by atoms with van der Waals surface area (Å²) in [5.74, 6) is -0.385. The molecule has 19 heavy (non-hydrogen) atoms. The van der Waals surface area contributed by atoms with Gasteiger partial charge in [0.25, 0.3) is 0 Å². The number of carbonyl (C=O) groups excluding carboxylic acids is 1. The largest absolute Gasteiger partial charge is 0.384 e. The van der Waals surface area contributed by atoms with Crippen LogP contribution in [0.3, 0.4) is 0 Å². The maximum absolute atomic E-state index is 11.3. The minimum absolute atomic E-state index is 0.385. The second-order valence-corrected chi connectivity index (χ2v) is 4.50. The molecule has 3 N–H and O–H groups in total. The smallest absolute Gasteiger partial charge is 0.249 e. The molecule has 2 rings (SSSR count). The van der Waals surface area contributed by atoms with Crippen LogP contribution >= 0.6 is 0 Å². The fourth-order valence-electron chi connectivity index (χ4n) is 2.08. The summed E-state index contributed by atoms with van der Waals surface area (Å²) < 4.78 is 0. The SMILES string of the molecule is Cc1c(NCCc2ccccc2)cccc1C(N)=O. The first-order chi connectivity index (χ1) is 9.18. The van der Waals surface area contributed by atoms with Crippen molar-refractivity contribution in [3.63, 3.8) is 0 Å².